The molecule has 0 saturated carbocycles. The maximum Gasteiger partial charge on any atom is 0.307 e. The molecular weight excluding hydrogens is 388 g/mol. The molecule has 0 unspecified atom stereocenters. The van der Waals surface area contributed by atoms with Gasteiger partial charge in [0.2, 0.25) is 5.91 Å². The highest BCUT2D eigenvalue weighted by atomic mass is 32.1. The largest absolute Gasteiger partial charge is 0.481 e. The van der Waals surface area contributed by atoms with Gasteiger partial charge in [0.1, 0.15) is 5.00 Å². The number of anilines is 1. The summed E-state index contributed by atoms with van der Waals surface area (Å²) >= 11 is 1.29. The fourth-order valence-corrected chi connectivity index (χ4v) is 4.73. The normalized spacial score (nSPS) is 19.1. The zero-order valence-corrected chi connectivity index (χ0v) is 17.2. The molecular formula is C22H24N2O4S. The Labute approximate surface area is 173 Å². The van der Waals surface area contributed by atoms with Crippen LogP contribution in [0.15, 0.2) is 47.5 Å². The van der Waals surface area contributed by atoms with E-state index < -0.39 is 23.7 Å². The topological polar surface area (TPSA) is 109 Å². The summed E-state index contributed by atoms with van der Waals surface area (Å²) < 4.78 is 0. The molecule has 152 valence electrons. The molecule has 2 amide bonds. The molecule has 6 nitrogen and oxygen atoms in total. The number of hydrogen-bond donors (Lipinski definition) is 3. The number of carboxylic acid groups (broad SMARTS) is 1. The minimum Gasteiger partial charge on any atom is -0.481 e. The number of thiophene rings is 1. The highest BCUT2D eigenvalue weighted by molar-refractivity contribution is 7.16. The Bertz CT molecular complexity index is 978. The van der Waals surface area contributed by atoms with Crippen LogP contribution >= 0.6 is 11.3 Å². The highest BCUT2D eigenvalue weighted by Crippen LogP contribution is 2.36. The van der Waals surface area contributed by atoms with Crippen LogP contribution in [0, 0.1) is 11.8 Å². The number of carboxylic acids is 1. The fraction of sp³-hybridized carbons (Fsp3) is 0.318. The van der Waals surface area contributed by atoms with E-state index in [-0.39, 0.29) is 11.5 Å². The number of nitrogens with two attached hydrogens (primary N) is 1. The first kappa shape index (κ1) is 20.8. The summed E-state index contributed by atoms with van der Waals surface area (Å²) in [6.07, 6.45) is 1.36. The number of amides is 2. The van der Waals surface area contributed by atoms with Crippen LogP contribution in [0.5, 0.6) is 0 Å². The lowest BCUT2D eigenvalue weighted by atomic mass is 9.76. The lowest BCUT2D eigenvalue weighted by Gasteiger charge is -2.29. The van der Waals surface area contributed by atoms with Crippen LogP contribution < -0.4 is 11.1 Å². The van der Waals surface area contributed by atoms with Crippen molar-refractivity contribution < 1.29 is 19.5 Å². The van der Waals surface area contributed by atoms with Crippen molar-refractivity contribution in [2.45, 2.75) is 33.1 Å². The molecule has 0 fully saturated rings. The summed E-state index contributed by atoms with van der Waals surface area (Å²) in [5.41, 5.74) is 8.89. The van der Waals surface area contributed by atoms with E-state index in [1.165, 1.54) is 11.3 Å². The van der Waals surface area contributed by atoms with Crippen molar-refractivity contribution in [3.8, 4) is 0 Å². The Balaban J connectivity index is 1.83. The van der Waals surface area contributed by atoms with Gasteiger partial charge >= 0.3 is 5.97 Å². The van der Waals surface area contributed by atoms with Crippen LogP contribution in [0.25, 0.3) is 0 Å². The van der Waals surface area contributed by atoms with Gasteiger partial charge in [0.15, 0.2) is 0 Å². The standard InChI is InChI=1S/C22H24N2O4S/c1-12-8-16(17(22(27)28)9-13(12)2)20(26)24-21-18(19(23)25)11-15(29-21)10-14-6-4-3-5-7-14/h3-7,11,16-17H,8-10H2,1-2H3,(H2,23,25)(H,24,26)(H,27,28)/t16-,17-/m0/s1. The van der Waals surface area contributed by atoms with Crippen LogP contribution in [-0.2, 0) is 16.0 Å². The Morgan fingerprint density at radius 2 is 1.72 bits per heavy atom. The molecule has 4 N–H and O–H groups in total. The smallest absolute Gasteiger partial charge is 0.307 e. The number of primary amides is 1. The van der Waals surface area contributed by atoms with Gasteiger partial charge in [-0.1, -0.05) is 41.5 Å². The van der Waals surface area contributed by atoms with Gasteiger partial charge in [-0.05, 0) is 38.3 Å². The van der Waals surface area contributed by atoms with Crippen molar-refractivity contribution in [1.82, 2.24) is 0 Å². The third-order valence-corrected chi connectivity index (χ3v) is 6.48. The number of carbonyl (C=O) groups is 3. The van der Waals surface area contributed by atoms with Gasteiger partial charge in [0, 0.05) is 11.3 Å². The second-order valence-corrected chi connectivity index (χ2v) is 8.63. The summed E-state index contributed by atoms with van der Waals surface area (Å²) in [6.45, 7) is 3.82. The lowest BCUT2D eigenvalue weighted by molar-refractivity contribution is -0.146. The van der Waals surface area contributed by atoms with Crippen LogP contribution in [0.2, 0.25) is 0 Å². The molecule has 0 saturated heterocycles. The van der Waals surface area contributed by atoms with E-state index in [9.17, 15) is 19.5 Å². The number of rotatable bonds is 6. The Morgan fingerprint density at radius 1 is 1.10 bits per heavy atom. The molecule has 29 heavy (non-hydrogen) atoms. The first-order valence-electron chi connectivity index (χ1n) is 9.41. The molecule has 3 rings (SSSR count). The molecule has 2 aromatic rings. The average Bonchev–Trinajstić information content (AvgIpc) is 3.06. The minimum atomic E-state index is -0.983. The molecule has 1 aliphatic rings. The molecule has 1 aromatic carbocycles. The Kier molecular flexibility index (Phi) is 6.17. The van der Waals surface area contributed by atoms with Gasteiger partial charge in [-0.2, -0.15) is 0 Å². The van der Waals surface area contributed by atoms with Crippen LogP contribution in [-0.4, -0.2) is 22.9 Å². The molecule has 1 aliphatic carbocycles. The first-order valence-corrected chi connectivity index (χ1v) is 10.2. The number of aliphatic carboxylic acids is 1. The van der Waals surface area contributed by atoms with Gasteiger partial charge in [-0.3, -0.25) is 14.4 Å². The summed E-state index contributed by atoms with van der Waals surface area (Å²) in [5.74, 6) is -3.46. The zero-order chi connectivity index (χ0) is 21.1. The van der Waals surface area contributed by atoms with Crippen molar-refractivity contribution in [3.63, 3.8) is 0 Å². The fourth-order valence-electron chi connectivity index (χ4n) is 3.63. The van der Waals surface area contributed by atoms with Crippen molar-refractivity contribution in [1.29, 1.82) is 0 Å². The molecule has 7 heteroatoms. The van der Waals surface area contributed by atoms with Crippen LogP contribution in [0.4, 0.5) is 5.00 Å². The SMILES string of the molecule is CC1=C(C)C[C@H](C(=O)Nc2sc(Cc3ccccc3)cc2C(N)=O)[C@@H](C(=O)O)C1. The molecule has 0 spiro atoms. The van der Waals surface area contributed by atoms with Crippen molar-refractivity contribution in [3.05, 3.63) is 63.5 Å². The quantitative estimate of drug-likeness (QED) is 0.627. The summed E-state index contributed by atoms with van der Waals surface area (Å²) in [7, 11) is 0. The molecule has 2 atom stereocenters. The average molecular weight is 413 g/mol. The van der Waals surface area contributed by atoms with E-state index in [0.717, 1.165) is 21.6 Å². The summed E-state index contributed by atoms with van der Waals surface area (Å²) in [4.78, 5) is 37.4. The van der Waals surface area contributed by atoms with Gasteiger partial charge < -0.3 is 16.2 Å². The van der Waals surface area contributed by atoms with Crippen molar-refractivity contribution in [2.24, 2.45) is 17.6 Å². The summed E-state index contributed by atoms with van der Waals surface area (Å²) in [6, 6.07) is 11.5. The van der Waals surface area contributed by atoms with E-state index >= 15 is 0 Å². The van der Waals surface area contributed by atoms with Gasteiger partial charge in [0.05, 0.1) is 17.4 Å². The van der Waals surface area contributed by atoms with Gasteiger partial charge in [-0.25, -0.2) is 0 Å². The maximum absolute atomic E-state index is 12.9. The molecule has 0 radical (unpaired) electrons. The van der Waals surface area contributed by atoms with Gasteiger partial charge in [0.25, 0.3) is 5.91 Å². The second-order valence-electron chi connectivity index (χ2n) is 7.49. The second kappa shape index (κ2) is 8.61. The maximum atomic E-state index is 12.9. The van der Waals surface area contributed by atoms with Crippen LogP contribution in [0.1, 0.15) is 47.5 Å². The van der Waals surface area contributed by atoms with E-state index in [0.29, 0.717) is 24.3 Å². The van der Waals surface area contributed by atoms with E-state index in [1.807, 2.05) is 44.2 Å². The van der Waals surface area contributed by atoms with Crippen molar-refractivity contribution in [2.75, 3.05) is 5.32 Å². The number of hydrogen-bond acceptors (Lipinski definition) is 4. The Hall–Kier alpha value is -2.93. The number of carbonyl (C=O) groups excluding carboxylic acids is 2. The number of benzene rings is 1. The molecule has 0 bridgehead atoms. The van der Waals surface area contributed by atoms with Crippen LogP contribution in [0.3, 0.4) is 0 Å². The van der Waals surface area contributed by atoms with Crippen molar-refractivity contribution >= 4 is 34.1 Å². The summed E-state index contributed by atoms with van der Waals surface area (Å²) in [5, 5.41) is 12.7. The molecule has 1 aromatic heterocycles. The third-order valence-electron chi connectivity index (χ3n) is 5.43. The predicted molar refractivity (Wildman–Crippen MR) is 113 cm³/mol. The monoisotopic (exact) mass is 412 g/mol. The van der Waals surface area contributed by atoms with E-state index in [2.05, 4.69) is 5.32 Å². The molecule has 0 aliphatic heterocycles. The van der Waals surface area contributed by atoms with E-state index in [1.54, 1.807) is 6.07 Å². The van der Waals surface area contributed by atoms with Gasteiger partial charge in [-0.15, -0.1) is 11.3 Å². The first-order chi connectivity index (χ1) is 13.8. The predicted octanol–water partition coefficient (Wildman–Crippen LogP) is 3.82. The number of nitrogens with one attached hydrogen (secondary N) is 1. The van der Waals surface area contributed by atoms with E-state index in [4.69, 9.17) is 5.73 Å². The number of allylic oxidation sites excluding steroid dienone is 2. The third kappa shape index (κ3) is 4.74. The minimum absolute atomic E-state index is 0.250. The molecule has 1 heterocycles. The zero-order valence-electron chi connectivity index (χ0n) is 16.4. The Morgan fingerprint density at radius 3 is 2.31 bits per heavy atom. The lowest BCUT2D eigenvalue weighted by Crippen LogP contribution is -2.36. The highest BCUT2D eigenvalue weighted by Gasteiger charge is 2.37.